The molecule has 2 N–H and O–H groups in total. The van der Waals surface area contributed by atoms with Crippen LogP contribution in [0.3, 0.4) is 0 Å². The zero-order valence-corrected chi connectivity index (χ0v) is 8.00. The number of hydrogen-bond acceptors (Lipinski definition) is 4. The van der Waals surface area contributed by atoms with Gasteiger partial charge in [-0.2, -0.15) is 4.68 Å². The van der Waals surface area contributed by atoms with Crippen LogP contribution < -0.4 is 5.73 Å². The Kier molecular flexibility index (Phi) is 2.45. The normalized spacial score (nSPS) is 10.1. The van der Waals surface area contributed by atoms with Gasteiger partial charge in [0, 0.05) is 0 Å². The summed E-state index contributed by atoms with van der Waals surface area (Å²) in [5.41, 5.74) is 6.26. The summed E-state index contributed by atoms with van der Waals surface area (Å²) in [4.78, 5) is 15.3. The van der Waals surface area contributed by atoms with E-state index in [4.69, 9.17) is 5.73 Å². The Morgan fingerprint density at radius 2 is 2.07 bits per heavy atom. The molecule has 1 aromatic heterocycles. The van der Waals surface area contributed by atoms with Gasteiger partial charge in [-0.3, -0.25) is 4.79 Å². The van der Waals surface area contributed by atoms with Crippen molar-refractivity contribution in [2.24, 2.45) is 0 Å². The Hall–Kier alpha value is -2.17. The zero-order valence-electron chi connectivity index (χ0n) is 8.00. The van der Waals surface area contributed by atoms with Gasteiger partial charge in [-0.05, 0) is 5.56 Å². The summed E-state index contributed by atoms with van der Waals surface area (Å²) in [6, 6.07) is 9.45. The first kappa shape index (κ1) is 9.39. The van der Waals surface area contributed by atoms with Gasteiger partial charge >= 0.3 is 0 Å². The molecule has 0 radical (unpaired) electrons. The zero-order chi connectivity index (χ0) is 10.7. The summed E-state index contributed by atoms with van der Waals surface area (Å²) in [5, 5.41) is 3.74. The molecule has 0 amide bonds. The average molecular weight is 202 g/mol. The minimum atomic E-state index is -0.148. The predicted octanol–water partition coefficient (Wildman–Crippen LogP) is 0.743. The molecule has 1 heterocycles. The molecule has 0 spiro atoms. The smallest absolute Gasteiger partial charge is 0.252 e. The van der Waals surface area contributed by atoms with Gasteiger partial charge in [-0.25, -0.2) is 4.98 Å². The molecule has 0 unspecified atom stereocenters. The molecule has 0 aliphatic rings. The third kappa shape index (κ3) is 2.19. The van der Waals surface area contributed by atoms with Gasteiger partial charge in [-0.1, -0.05) is 30.3 Å². The van der Waals surface area contributed by atoms with Crippen LogP contribution in [0.5, 0.6) is 0 Å². The molecule has 0 aliphatic heterocycles. The first-order valence-electron chi connectivity index (χ1n) is 4.50. The van der Waals surface area contributed by atoms with E-state index in [0.717, 1.165) is 10.2 Å². The highest BCUT2D eigenvalue weighted by atomic mass is 16.2. The largest absolute Gasteiger partial charge is 0.366 e. The summed E-state index contributed by atoms with van der Waals surface area (Å²) in [7, 11) is 0. The molecule has 0 saturated carbocycles. The van der Waals surface area contributed by atoms with Gasteiger partial charge in [0.1, 0.15) is 6.33 Å². The molecule has 5 heteroatoms. The van der Waals surface area contributed by atoms with Crippen LogP contribution in [-0.2, 0) is 6.42 Å². The van der Waals surface area contributed by atoms with Crippen molar-refractivity contribution in [3.05, 3.63) is 42.2 Å². The number of aromatic nitrogens is 3. The fraction of sp³-hybridized carbons (Fsp3) is 0.100. The van der Waals surface area contributed by atoms with Crippen LogP contribution in [-0.4, -0.2) is 20.7 Å². The first-order valence-corrected chi connectivity index (χ1v) is 4.50. The lowest BCUT2D eigenvalue weighted by Crippen LogP contribution is -2.14. The van der Waals surface area contributed by atoms with Crippen molar-refractivity contribution >= 4 is 11.9 Å². The fourth-order valence-electron chi connectivity index (χ4n) is 1.25. The second kappa shape index (κ2) is 3.91. The van der Waals surface area contributed by atoms with Crippen LogP contribution in [0.1, 0.15) is 10.4 Å². The van der Waals surface area contributed by atoms with Gasteiger partial charge < -0.3 is 5.73 Å². The summed E-state index contributed by atoms with van der Waals surface area (Å²) in [6.07, 6.45) is 1.62. The van der Waals surface area contributed by atoms with E-state index in [1.54, 1.807) is 0 Å². The van der Waals surface area contributed by atoms with Gasteiger partial charge in [0.05, 0.1) is 6.42 Å². The van der Waals surface area contributed by atoms with Crippen molar-refractivity contribution in [3.63, 3.8) is 0 Å². The topological polar surface area (TPSA) is 73.8 Å². The molecule has 0 bridgehead atoms. The molecule has 2 rings (SSSR count). The Morgan fingerprint density at radius 1 is 1.33 bits per heavy atom. The maximum atomic E-state index is 11.6. The quantitative estimate of drug-likeness (QED) is 0.779. The Labute approximate surface area is 86.5 Å². The number of nitrogen functional groups attached to an aromatic ring is 1. The lowest BCUT2D eigenvalue weighted by atomic mass is 10.1. The summed E-state index contributed by atoms with van der Waals surface area (Å²) in [6.45, 7) is 0. The van der Waals surface area contributed by atoms with Crippen LogP contribution in [0.2, 0.25) is 0 Å². The van der Waals surface area contributed by atoms with E-state index in [-0.39, 0.29) is 11.9 Å². The first-order chi connectivity index (χ1) is 7.25. The molecule has 5 nitrogen and oxygen atoms in total. The molecule has 0 saturated heterocycles. The molecule has 0 aliphatic carbocycles. The second-order valence-electron chi connectivity index (χ2n) is 3.10. The molecule has 2 aromatic rings. The lowest BCUT2D eigenvalue weighted by Gasteiger charge is -1.99. The van der Waals surface area contributed by atoms with Crippen molar-refractivity contribution < 1.29 is 4.79 Å². The van der Waals surface area contributed by atoms with Crippen molar-refractivity contribution in [1.29, 1.82) is 0 Å². The molecule has 0 atom stereocenters. The maximum absolute atomic E-state index is 11.6. The Bertz CT molecular complexity index is 463. The summed E-state index contributed by atoms with van der Waals surface area (Å²) < 4.78 is 1.16. The molecular weight excluding hydrogens is 192 g/mol. The number of benzene rings is 1. The Morgan fingerprint density at radius 3 is 2.67 bits per heavy atom. The van der Waals surface area contributed by atoms with Gasteiger partial charge in [0.25, 0.3) is 5.91 Å². The van der Waals surface area contributed by atoms with Crippen molar-refractivity contribution in [2.75, 3.05) is 5.73 Å². The number of carbonyl (C=O) groups excluding carboxylic acids is 1. The highest BCUT2D eigenvalue weighted by Gasteiger charge is 2.07. The van der Waals surface area contributed by atoms with E-state index >= 15 is 0 Å². The van der Waals surface area contributed by atoms with E-state index in [9.17, 15) is 4.79 Å². The van der Waals surface area contributed by atoms with Crippen LogP contribution in [0.15, 0.2) is 36.7 Å². The van der Waals surface area contributed by atoms with E-state index in [1.807, 2.05) is 30.3 Å². The summed E-state index contributed by atoms with van der Waals surface area (Å²) >= 11 is 0. The van der Waals surface area contributed by atoms with Crippen LogP contribution in [0, 0.1) is 0 Å². The predicted molar refractivity (Wildman–Crippen MR) is 55.2 cm³/mol. The number of anilines is 1. The van der Waals surface area contributed by atoms with Gasteiger partial charge in [0.15, 0.2) is 0 Å². The Balaban J connectivity index is 2.11. The van der Waals surface area contributed by atoms with Gasteiger partial charge in [0.2, 0.25) is 5.95 Å². The summed E-state index contributed by atoms with van der Waals surface area (Å²) in [5.74, 6) is -0.0400. The van der Waals surface area contributed by atoms with Crippen LogP contribution >= 0.6 is 0 Å². The minimum absolute atomic E-state index is 0.108. The second-order valence-corrected chi connectivity index (χ2v) is 3.10. The van der Waals surface area contributed by atoms with Crippen LogP contribution in [0.4, 0.5) is 5.95 Å². The third-order valence-electron chi connectivity index (χ3n) is 1.96. The van der Waals surface area contributed by atoms with Crippen molar-refractivity contribution in [1.82, 2.24) is 14.8 Å². The number of nitrogens with zero attached hydrogens (tertiary/aromatic N) is 3. The molecule has 15 heavy (non-hydrogen) atoms. The number of rotatable bonds is 2. The van der Waals surface area contributed by atoms with E-state index in [2.05, 4.69) is 10.1 Å². The highest BCUT2D eigenvalue weighted by molar-refractivity contribution is 5.80. The number of nitrogens with two attached hydrogens (primary N) is 1. The van der Waals surface area contributed by atoms with Crippen LogP contribution in [0.25, 0.3) is 0 Å². The standard InChI is InChI=1S/C10H10N4O/c11-10-12-7-14(13-10)9(15)6-8-4-2-1-3-5-8/h1-5,7H,6H2,(H2,11,13). The molecule has 1 aromatic carbocycles. The monoisotopic (exact) mass is 202 g/mol. The fourth-order valence-corrected chi connectivity index (χ4v) is 1.25. The average Bonchev–Trinajstić information content (AvgIpc) is 2.66. The van der Waals surface area contributed by atoms with E-state index in [1.165, 1.54) is 6.33 Å². The number of hydrogen-bond donors (Lipinski definition) is 1. The van der Waals surface area contributed by atoms with E-state index in [0.29, 0.717) is 6.42 Å². The third-order valence-corrected chi connectivity index (χ3v) is 1.96. The lowest BCUT2D eigenvalue weighted by molar-refractivity contribution is 0.0898. The number of carbonyl (C=O) groups is 1. The maximum Gasteiger partial charge on any atom is 0.252 e. The van der Waals surface area contributed by atoms with Gasteiger partial charge in [-0.15, -0.1) is 5.10 Å². The SMILES string of the molecule is Nc1ncn(C(=O)Cc2ccccc2)n1. The van der Waals surface area contributed by atoms with Crippen molar-refractivity contribution in [3.8, 4) is 0 Å². The highest BCUT2D eigenvalue weighted by Crippen LogP contribution is 2.01. The minimum Gasteiger partial charge on any atom is -0.366 e. The molecular formula is C10H10N4O. The molecule has 76 valence electrons. The molecule has 0 fully saturated rings. The van der Waals surface area contributed by atoms with E-state index < -0.39 is 0 Å². The van der Waals surface area contributed by atoms with Crippen molar-refractivity contribution in [2.45, 2.75) is 6.42 Å².